The molecule has 4 rings (SSSR count). The Kier molecular flexibility index (Phi) is 3.69. The molecule has 122 valence electrons. The van der Waals surface area contributed by atoms with Gasteiger partial charge in [0.25, 0.3) is 5.91 Å². The Bertz CT molecular complexity index is 801. The summed E-state index contributed by atoms with van der Waals surface area (Å²) in [5.41, 5.74) is 2.35. The Morgan fingerprint density at radius 2 is 1.88 bits per heavy atom. The molecule has 2 aromatic rings. The van der Waals surface area contributed by atoms with Crippen LogP contribution in [0.3, 0.4) is 0 Å². The SMILES string of the molecule is O=C1O[C@@H](C(=O)N[C@H]2CCOc3ccccc32)Cc2ccccc21. The van der Waals surface area contributed by atoms with Crippen LogP contribution in [0.2, 0.25) is 0 Å². The first-order valence-electron chi connectivity index (χ1n) is 8.03. The highest BCUT2D eigenvalue weighted by atomic mass is 16.5. The highest BCUT2D eigenvalue weighted by Gasteiger charge is 2.33. The topological polar surface area (TPSA) is 64.6 Å². The van der Waals surface area contributed by atoms with Gasteiger partial charge in [0.15, 0.2) is 6.10 Å². The van der Waals surface area contributed by atoms with Gasteiger partial charge in [0, 0.05) is 18.4 Å². The van der Waals surface area contributed by atoms with Gasteiger partial charge in [-0.3, -0.25) is 4.79 Å². The molecule has 0 saturated heterocycles. The van der Waals surface area contributed by atoms with E-state index in [1.165, 1.54) is 0 Å². The fourth-order valence-corrected chi connectivity index (χ4v) is 3.23. The van der Waals surface area contributed by atoms with Crippen molar-refractivity contribution in [3.8, 4) is 5.75 Å². The van der Waals surface area contributed by atoms with Gasteiger partial charge in [-0.1, -0.05) is 36.4 Å². The zero-order chi connectivity index (χ0) is 16.5. The van der Waals surface area contributed by atoms with Gasteiger partial charge in [-0.2, -0.15) is 0 Å². The first-order chi connectivity index (χ1) is 11.7. The normalized spacial score (nSPS) is 21.8. The fraction of sp³-hybridized carbons (Fsp3) is 0.263. The summed E-state index contributed by atoms with van der Waals surface area (Å²) in [7, 11) is 0. The van der Waals surface area contributed by atoms with E-state index in [1.807, 2.05) is 36.4 Å². The van der Waals surface area contributed by atoms with Gasteiger partial charge >= 0.3 is 5.97 Å². The van der Waals surface area contributed by atoms with E-state index in [4.69, 9.17) is 9.47 Å². The molecule has 2 aliphatic heterocycles. The number of fused-ring (bicyclic) bond motifs is 2. The first-order valence-corrected chi connectivity index (χ1v) is 8.03. The van der Waals surface area contributed by atoms with Crippen molar-refractivity contribution in [3.63, 3.8) is 0 Å². The molecule has 24 heavy (non-hydrogen) atoms. The lowest BCUT2D eigenvalue weighted by molar-refractivity contribution is -0.131. The van der Waals surface area contributed by atoms with E-state index in [1.54, 1.807) is 12.1 Å². The number of ether oxygens (including phenoxy) is 2. The van der Waals surface area contributed by atoms with E-state index in [0.29, 0.717) is 25.0 Å². The van der Waals surface area contributed by atoms with Crippen LogP contribution in [0, 0.1) is 0 Å². The molecular formula is C19H17NO4. The molecule has 5 nitrogen and oxygen atoms in total. The Morgan fingerprint density at radius 3 is 2.79 bits per heavy atom. The molecule has 0 aromatic heterocycles. The van der Waals surface area contributed by atoms with Gasteiger partial charge in [-0.15, -0.1) is 0 Å². The van der Waals surface area contributed by atoms with Gasteiger partial charge < -0.3 is 14.8 Å². The smallest absolute Gasteiger partial charge is 0.339 e. The number of esters is 1. The van der Waals surface area contributed by atoms with Crippen LogP contribution in [0.5, 0.6) is 5.75 Å². The molecule has 1 N–H and O–H groups in total. The number of hydrogen-bond acceptors (Lipinski definition) is 4. The van der Waals surface area contributed by atoms with Gasteiger partial charge in [0.05, 0.1) is 18.2 Å². The lowest BCUT2D eigenvalue weighted by Gasteiger charge is -2.29. The van der Waals surface area contributed by atoms with E-state index in [2.05, 4.69) is 5.32 Å². The van der Waals surface area contributed by atoms with Gasteiger partial charge in [-0.05, 0) is 17.7 Å². The summed E-state index contributed by atoms with van der Waals surface area (Å²) in [5, 5.41) is 3.00. The van der Waals surface area contributed by atoms with Crippen molar-refractivity contribution >= 4 is 11.9 Å². The third-order valence-corrected chi connectivity index (χ3v) is 4.46. The molecule has 0 unspecified atom stereocenters. The summed E-state index contributed by atoms with van der Waals surface area (Å²) >= 11 is 0. The summed E-state index contributed by atoms with van der Waals surface area (Å²) in [5.74, 6) is 0.0870. The minimum Gasteiger partial charge on any atom is -0.493 e. The highest BCUT2D eigenvalue weighted by Crippen LogP contribution is 2.32. The maximum atomic E-state index is 12.6. The predicted molar refractivity (Wildman–Crippen MR) is 86.8 cm³/mol. The number of carbonyl (C=O) groups is 2. The number of nitrogens with one attached hydrogen (secondary N) is 1. The largest absolute Gasteiger partial charge is 0.493 e. The molecule has 2 atom stereocenters. The second kappa shape index (κ2) is 6.00. The summed E-state index contributed by atoms with van der Waals surface area (Å²) in [4.78, 5) is 24.7. The first kappa shape index (κ1) is 14.8. The van der Waals surface area contributed by atoms with Gasteiger partial charge in [-0.25, -0.2) is 4.79 Å². The summed E-state index contributed by atoms with van der Waals surface area (Å²) in [6.07, 6.45) is 0.306. The fourth-order valence-electron chi connectivity index (χ4n) is 3.23. The van der Waals surface area contributed by atoms with Crippen molar-refractivity contribution in [2.75, 3.05) is 6.61 Å². The van der Waals surface area contributed by atoms with Crippen LogP contribution in [-0.2, 0) is 16.0 Å². The van der Waals surface area contributed by atoms with Crippen LogP contribution in [0.4, 0.5) is 0 Å². The van der Waals surface area contributed by atoms with Crippen molar-refractivity contribution in [1.82, 2.24) is 5.32 Å². The van der Waals surface area contributed by atoms with Crippen molar-refractivity contribution in [2.24, 2.45) is 0 Å². The van der Waals surface area contributed by atoms with Crippen molar-refractivity contribution in [2.45, 2.75) is 25.0 Å². The lowest BCUT2D eigenvalue weighted by atomic mass is 9.97. The maximum absolute atomic E-state index is 12.6. The van der Waals surface area contributed by atoms with E-state index in [9.17, 15) is 9.59 Å². The monoisotopic (exact) mass is 323 g/mol. The number of para-hydroxylation sites is 1. The summed E-state index contributed by atoms with van der Waals surface area (Å²) in [6, 6.07) is 14.8. The minimum absolute atomic E-state index is 0.127. The van der Waals surface area contributed by atoms with Crippen molar-refractivity contribution in [1.29, 1.82) is 0 Å². The zero-order valence-corrected chi connectivity index (χ0v) is 13.0. The highest BCUT2D eigenvalue weighted by molar-refractivity contribution is 5.95. The molecule has 0 aliphatic carbocycles. The van der Waals surface area contributed by atoms with Crippen LogP contribution in [0.15, 0.2) is 48.5 Å². The van der Waals surface area contributed by atoms with Crippen molar-refractivity contribution < 1.29 is 19.1 Å². The number of hydrogen-bond donors (Lipinski definition) is 1. The van der Waals surface area contributed by atoms with Crippen LogP contribution >= 0.6 is 0 Å². The quantitative estimate of drug-likeness (QED) is 0.862. The van der Waals surface area contributed by atoms with E-state index in [0.717, 1.165) is 16.9 Å². The van der Waals surface area contributed by atoms with Crippen LogP contribution in [0.1, 0.15) is 33.9 Å². The average Bonchev–Trinajstić information content (AvgIpc) is 2.62. The van der Waals surface area contributed by atoms with Gasteiger partial charge in [0.1, 0.15) is 5.75 Å². The number of cyclic esters (lactones) is 1. The van der Waals surface area contributed by atoms with E-state index < -0.39 is 12.1 Å². The number of rotatable bonds is 2. The molecule has 0 saturated carbocycles. The molecule has 2 aliphatic rings. The van der Waals surface area contributed by atoms with Crippen molar-refractivity contribution in [3.05, 3.63) is 65.2 Å². The molecule has 0 bridgehead atoms. The van der Waals surface area contributed by atoms with Crippen LogP contribution in [-0.4, -0.2) is 24.6 Å². The third-order valence-electron chi connectivity index (χ3n) is 4.46. The van der Waals surface area contributed by atoms with Crippen LogP contribution < -0.4 is 10.1 Å². The Hall–Kier alpha value is -2.82. The Balaban J connectivity index is 1.51. The third kappa shape index (κ3) is 2.62. The average molecular weight is 323 g/mol. The lowest BCUT2D eigenvalue weighted by Crippen LogP contribution is -2.44. The second-order valence-electron chi connectivity index (χ2n) is 5.99. The molecule has 5 heteroatoms. The Labute approximate surface area is 139 Å². The molecule has 0 spiro atoms. The number of amides is 1. The Morgan fingerprint density at radius 1 is 1.08 bits per heavy atom. The molecule has 0 fully saturated rings. The second-order valence-corrected chi connectivity index (χ2v) is 5.99. The molecule has 2 heterocycles. The molecule has 2 aromatic carbocycles. The summed E-state index contributed by atoms with van der Waals surface area (Å²) < 4.78 is 10.9. The number of carbonyl (C=O) groups excluding carboxylic acids is 2. The minimum atomic E-state index is -0.789. The molecule has 0 radical (unpaired) electrons. The van der Waals surface area contributed by atoms with Gasteiger partial charge in [0.2, 0.25) is 0 Å². The maximum Gasteiger partial charge on any atom is 0.339 e. The zero-order valence-electron chi connectivity index (χ0n) is 13.0. The summed E-state index contributed by atoms with van der Waals surface area (Å²) in [6.45, 7) is 0.551. The van der Waals surface area contributed by atoms with E-state index >= 15 is 0 Å². The molecular weight excluding hydrogens is 306 g/mol. The van der Waals surface area contributed by atoms with Crippen LogP contribution in [0.25, 0.3) is 0 Å². The number of benzene rings is 2. The predicted octanol–water partition coefficient (Wildman–Crippen LogP) is 2.41. The standard InChI is InChI=1S/C19H17NO4/c21-18(17-11-12-5-1-2-6-13(12)19(22)24-17)20-15-9-10-23-16-8-4-3-7-14(15)16/h1-8,15,17H,9-11H2,(H,20,21)/t15-,17+/m0/s1. The van der Waals surface area contributed by atoms with E-state index in [-0.39, 0.29) is 11.9 Å². The molecule has 1 amide bonds.